The van der Waals surface area contributed by atoms with Gasteiger partial charge in [-0.2, -0.15) is 0 Å². The molecule has 138 valence electrons. The van der Waals surface area contributed by atoms with Crippen LogP contribution in [0.3, 0.4) is 0 Å². The highest BCUT2D eigenvalue weighted by Crippen LogP contribution is 2.15. The van der Waals surface area contributed by atoms with Crippen molar-refractivity contribution in [3.8, 4) is 0 Å². The van der Waals surface area contributed by atoms with Gasteiger partial charge in [0.05, 0.1) is 13.0 Å². The van der Waals surface area contributed by atoms with Crippen molar-refractivity contribution in [2.24, 2.45) is 0 Å². The molecule has 0 saturated heterocycles. The minimum absolute atomic E-state index is 0.131. The van der Waals surface area contributed by atoms with Gasteiger partial charge in [0.1, 0.15) is 5.60 Å². The Bertz CT molecular complexity index is 614. The summed E-state index contributed by atoms with van der Waals surface area (Å²) in [7, 11) is 0. The van der Waals surface area contributed by atoms with E-state index in [0.717, 1.165) is 10.0 Å². The standard InChI is InChI=1S/C17H24BrN3O4/c1-17(2,3)25-16(24)21-11-15(23)20-9-8-19-14(22)10-12-6-4-5-7-13(12)18/h4-7H,8-11H2,1-3H3,(H,19,22)(H,20,23)(H,21,24). The van der Waals surface area contributed by atoms with E-state index >= 15 is 0 Å². The monoisotopic (exact) mass is 413 g/mol. The molecule has 0 fully saturated rings. The van der Waals surface area contributed by atoms with Gasteiger partial charge in [0.2, 0.25) is 11.8 Å². The Morgan fingerprint density at radius 3 is 2.20 bits per heavy atom. The lowest BCUT2D eigenvalue weighted by molar-refractivity contribution is -0.122. The Morgan fingerprint density at radius 1 is 1.00 bits per heavy atom. The molecule has 0 bridgehead atoms. The summed E-state index contributed by atoms with van der Waals surface area (Å²) in [6.45, 7) is 5.62. The molecular formula is C17H24BrN3O4. The zero-order chi connectivity index (χ0) is 18.9. The third-order valence-electron chi connectivity index (χ3n) is 2.87. The molecule has 3 N–H and O–H groups in total. The van der Waals surface area contributed by atoms with E-state index in [1.54, 1.807) is 20.8 Å². The molecule has 1 aromatic carbocycles. The first-order chi connectivity index (χ1) is 11.7. The number of hydrogen-bond donors (Lipinski definition) is 3. The summed E-state index contributed by atoms with van der Waals surface area (Å²) in [6.07, 6.45) is -0.389. The lowest BCUT2D eigenvalue weighted by Crippen LogP contribution is -2.42. The second-order valence-corrected chi connectivity index (χ2v) is 7.18. The Kier molecular flexibility index (Phi) is 8.40. The van der Waals surface area contributed by atoms with Crippen molar-refractivity contribution in [3.05, 3.63) is 34.3 Å². The van der Waals surface area contributed by atoms with E-state index in [1.165, 1.54) is 0 Å². The summed E-state index contributed by atoms with van der Waals surface area (Å²) in [5, 5.41) is 7.68. The third kappa shape index (κ3) is 9.71. The van der Waals surface area contributed by atoms with E-state index < -0.39 is 11.7 Å². The van der Waals surface area contributed by atoms with E-state index in [1.807, 2.05) is 24.3 Å². The van der Waals surface area contributed by atoms with Crippen molar-refractivity contribution in [1.29, 1.82) is 0 Å². The lowest BCUT2D eigenvalue weighted by Gasteiger charge is -2.19. The molecule has 0 spiro atoms. The van der Waals surface area contributed by atoms with Crippen molar-refractivity contribution in [2.75, 3.05) is 19.6 Å². The number of carbonyl (C=O) groups excluding carboxylic acids is 3. The molecule has 1 rings (SSSR count). The quantitative estimate of drug-likeness (QED) is 0.593. The van der Waals surface area contributed by atoms with Crippen LogP contribution in [0.15, 0.2) is 28.7 Å². The SMILES string of the molecule is CC(C)(C)OC(=O)NCC(=O)NCCNC(=O)Cc1ccccc1Br. The van der Waals surface area contributed by atoms with Gasteiger partial charge < -0.3 is 20.7 Å². The van der Waals surface area contributed by atoms with Crippen molar-refractivity contribution < 1.29 is 19.1 Å². The number of ether oxygens (including phenoxy) is 1. The zero-order valence-electron chi connectivity index (χ0n) is 14.6. The molecule has 0 aliphatic carbocycles. The van der Waals surface area contributed by atoms with Gasteiger partial charge in [-0.05, 0) is 32.4 Å². The number of amides is 3. The van der Waals surface area contributed by atoms with Gasteiger partial charge in [-0.1, -0.05) is 34.1 Å². The summed E-state index contributed by atoms with van der Waals surface area (Å²) in [6, 6.07) is 7.49. The molecule has 0 atom stereocenters. The van der Waals surface area contributed by atoms with Crippen LogP contribution in [0.25, 0.3) is 0 Å². The second kappa shape index (κ2) is 10.0. The van der Waals surface area contributed by atoms with Crippen LogP contribution in [0.1, 0.15) is 26.3 Å². The molecule has 0 aromatic heterocycles. The average molecular weight is 414 g/mol. The first-order valence-electron chi connectivity index (χ1n) is 7.91. The average Bonchev–Trinajstić information content (AvgIpc) is 2.50. The highest BCUT2D eigenvalue weighted by Gasteiger charge is 2.16. The Balaban J connectivity index is 2.16. The van der Waals surface area contributed by atoms with Crippen LogP contribution in [0.4, 0.5) is 4.79 Å². The zero-order valence-corrected chi connectivity index (χ0v) is 16.2. The first kappa shape index (κ1) is 21.0. The van der Waals surface area contributed by atoms with Crippen LogP contribution in [0, 0.1) is 0 Å². The maximum atomic E-state index is 11.8. The molecule has 0 unspecified atom stereocenters. The molecule has 0 saturated carbocycles. The van der Waals surface area contributed by atoms with Crippen LogP contribution >= 0.6 is 15.9 Å². The molecule has 0 heterocycles. The third-order valence-corrected chi connectivity index (χ3v) is 3.64. The second-order valence-electron chi connectivity index (χ2n) is 6.32. The minimum atomic E-state index is -0.649. The van der Waals surface area contributed by atoms with Gasteiger partial charge in [0.25, 0.3) is 0 Å². The van der Waals surface area contributed by atoms with Crippen LogP contribution in [0.2, 0.25) is 0 Å². The number of benzene rings is 1. The number of hydrogen-bond acceptors (Lipinski definition) is 4. The van der Waals surface area contributed by atoms with E-state index in [2.05, 4.69) is 31.9 Å². The summed E-state index contributed by atoms with van der Waals surface area (Å²) in [5.74, 6) is -0.487. The predicted molar refractivity (Wildman–Crippen MR) is 98.1 cm³/mol. The number of rotatable bonds is 7. The molecule has 3 amide bonds. The Morgan fingerprint density at radius 2 is 1.60 bits per heavy atom. The molecule has 0 aliphatic rings. The summed E-state index contributed by atoms with van der Waals surface area (Å²) in [5.41, 5.74) is 0.282. The van der Waals surface area contributed by atoms with Crippen molar-refractivity contribution in [1.82, 2.24) is 16.0 Å². The van der Waals surface area contributed by atoms with E-state index in [4.69, 9.17) is 4.74 Å². The number of alkyl carbamates (subject to hydrolysis) is 1. The summed E-state index contributed by atoms with van der Waals surface area (Å²) in [4.78, 5) is 34.8. The van der Waals surface area contributed by atoms with Crippen molar-refractivity contribution in [3.63, 3.8) is 0 Å². The number of carbonyl (C=O) groups is 3. The maximum absolute atomic E-state index is 11.8. The fourth-order valence-corrected chi connectivity index (χ4v) is 2.24. The fraction of sp³-hybridized carbons (Fsp3) is 0.471. The normalized spacial score (nSPS) is 10.7. The maximum Gasteiger partial charge on any atom is 0.408 e. The Hall–Kier alpha value is -2.09. The molecule has 25 heavy (non-hydrogen) atoms. The fourth-order valence-electron chi connectivity index (χ4n) is 1.81. The van der Waals surface area contributed by atoms with Gasteiger partial charge in [0.15, 0.2) is 0 Å². The topological polar surface area (TPSA) is 96.5 Å². The molecule has 0 aliphatic heterocycles. The summed E-state index contributed by atoms with van der Waals surface area (Å²) >= 11 is 3.39. The minimum Gasteiger partial charge on any atom is -0.444 e. The van der Waals surface area contributed by atoms with Crippen molar-refractivity contribution >= 4 is 33.8 Å². The molecule has 7 nitrogen and oxygen atoms in total. The highest BCUT2D eigenvalue weighted by molar-refractivity contribution is 9.10. The summed E-state index contributed by atoms with van der Waals surface area (Å²) < 4.78 is 5.90. The molecular weight excluding hydrogens is 390 g/mol. The van der Waals surface area contributed by atoms with Crippen LogP contribution < -0.4 is 16.0 Å². The smallest absolute Gasteiger partial charge is 0.408 e. The molecule has 8 heteroatoms. The lowest BCUT2D eigenvalue weighted by atomic mass is 10.1. The highest BCUT2D eigenvalue weighted by atomic mass is 79.9. The van der Waals surface area contributed by atoms with E-state index in [-0.39, 0.29) is 31.3 Å². The van der Waals surface area contributed by atoms with E-state index in [9.17, 15) is 14.4 Å². The number of nitrogens with one attached hydrogen (secondary N) is 3. The first-order valence-corrected chi connectivity index (χ1v) is 8.70. The van der Waals surface area contributed by atoms with Gasteiger partial charge in [-0.3, -0.25) is 9.59 Å². The van der Waals surface area contributed by atoms with Gasteiger partial charge in [-0.15, -0.1) is 0 Å². The van der Waals surface area contributed by atoms with Gasteiger partial charge >= 0.3 is 6.09 Å². The van der Waals surface area contributed by atoms with E-state index in [0.29, 0.717) is 6.54 Å². The molecule has 0 radical (unpaired) electrons. The largest absolute Gasteiger partial charge is 0.444 e. The predicted octanol–water partition coefficient (Wildman–Crippen LogP) is 1.75. The van der Waals surface area contributed by atoms with Crippen LogP contribution in [-0.4, -0.2) is 43.1 Å². The van der Waals surface area contributed by atoms with Crippen LogP contribution in [-0.2, 0) is 20.7 Å². The van der Waals surface area contributed by atoms with Gasteiger partial charge in [-0.25, -0.2) is 4.79 Å². The van der Waals surface area contributed by atoms with Crippen LogP contribution in [0.5, 0.6) is 0 Å². The number of halogens is 1. The Labute approximate surface area is 156 Å². The molecule has 1 aromatic rings. The van der Waals surface area contributed by atoms with Gasteiger partial charge in [0, 0.05) is 17.6 Å². The van der Waals surface area contributed by atoms with Crippen molar-refractivity contribution in [2.45, 2.75) is 32.8 Å².